The van der Waals surface area contributed by atoms with Gasteiger partial charge in [-0.3, -0.25) is 9.59 Å². The van der Waals surface area contributed by atoms with Gasteiger partial charge in [0, 0.05) is 23.4 Å². The Morgan fingerprint density at radius 1 is 1.32 bits per heavy atom. The van der Waals surface area contributed by atoms with E-state index in [-0.39, 0.29) is 23.2 Å². The average Bonchev–Trinajstić information content (AvgIpc) is 3.24. The first kappa shape index (κ1) is 23.2. The summed E-state index contributed by atoms with van der Waals surface area (Å²) < 4.78 is 38.8. The Hall–Kier alpha value is -2.42. The smallest absolute Gasteiger partial charge is 0.355 e. The van der Waals surface area contributed by atoms with Crippen LogP contribution in [0, 0.1) is 17.8 Å². The molecule has 1 saturated heterocycles. The summed E-state index contributed by atoms with van der Waals surface area (Å²) in [4.78, 5) is 28.8. The first-order valence-electron chi connectivity index (χ1n) is 10.4. The molecule has 2 aliphatic rings. The van der Waals surface area contributed by atoms with Crippen molar-refractivity contribution in [3.05, 3.63) is 36.0 Å². The molecule has 31 heavy (non-hydrogen) atoms. The maximum atomic E-state index is 12.9. The lowest BCUT2D eigenvalue weighted by Gasteiger charge is -2.24. The number of carbonyl (C=O) groups is 2. The molecule has 9 heteroatoms. The minimum atomic E-state index is -4.58. The number of aromatic nitrogens is 1. The summed E-state index contributed by atoms with van der Waals surface area (Å²) in [6.07, 6.45) is 0.0179. The van der Waals surface area contributed by atoms with Crippen molar-refractivity contribution in [3.8, 4) is 0 Å². The summed E-state index contributed by atoms with van der Waals surface area (Å²) in [5, 5.41) is 8.77. The van der Waals surface area contributed by atoms with E-state index in [1.54, 1.807) is 13.0 Å². The molecule has 1 aliphatic heterocycles. The summed E-state index contributed by atoms with van der Waals surface area (Å²) in [7, 11) is 0. The number of anilines is 1. The average molecular weight is 438 g/mol. The molecular formula is C22H29F3N4O2. The van der Waals surface area contributed by atoms with Gasteiger partial charge in [-0.25, -0.2) is 4.98 Å². The molecule has 2 amide bonds. The Kier molecular flexibility index (Phi) is 6.19. The number of hydrogen-bond donors (Lipinski definition) is 3. The van der Waals surface area contributed by atoms with E-state index in [1.807, 2.05) is 13.8 Å². The van der Waals surface area contributed by atoms with Gasteiger partial charge in [-0.05, 0) is 44.2 Å². The fourth-order valence-electron chi connectivity index (χ4n) is 4.04. The second kappa shape index (κ2) is 8.26. The molecule has 0 bridgehead atoms. The number of piperidine rings is 1. The van der Waals surface area contributed by atoms with Crippen molar-refractivity contribution in [2.45, 2.75) is 64.7 Å². The van der Waals surface area contributed by atoms with Crippen LogP contribution in [-0.2, 0) is 15.8 Å². The number of nitrogens with zero attached hydrogens (tertiary/aromatic N) is 1. The molecular weight excluding hydrogens is 409 g/mol. The molecule has 1 aromatic rings. The number of rotatable bonds is 8. The predicted molar refractivity (Wildman–Crippen MR) is 111 cm³/mol. The van der Waals surface area contributed by atoms with Crippen molar-refractivity contribution in [1.29, 1.82) is 0 Å². The lowest BCUT2D eigenvalue weighted by molar-refractivity contribution is -0.141. The fourth-order valence-corrected chi connectivity index (χ4v) is 4.04. The van der Waals surface area contributed by atoms with Crippen molar-refractivity contribution in [2.24, 2.45) is 10.8 Å². The molecule has 3 atom stereocenters. The van der Waals surface area contributed by atoms with Gasteiger partial charge in [0.2, 0.25) is 11.8 Å². The van der Waals surface area contributed by atoms with Gasteiger partial charge in [0.1, 0.15) is 11.5 Å². The van der Waals surface area contributed by atoms with Gasteiger partial charge >= 0.3 is 6.18 Å². The largest absolute Gasteiger partial charge is 0.433 e. The zero-order chi connectivity index (χ0) is 23.0. The molecule has 0 unspecified atom stereocenters. The summed E-state index contributed by atoms with van der Waals surface area (Å²) >= 11 is 0. The van der Waals surface area contributed by atoms with Crippen molar-refractivity contribution < 1.29 is 22.8 Å². The molecule has 0 radical (unpaired) electrons. The Labute approximate surface area is 180 Å². The minimum Gasteiger partial charge on any atom is -0.355 e. The molecule has 3 rings (SSSR count). The molecule has 2 heterocycles. The number of amides is 2. The van der Waals surface area contributed by atoms with E-state index in [0.717, 1.165) is 18.9 Å². The third-order valence-corrected chi connectivity index (χ3v) is 6.34. The molecule has 6 nitrogen and oxygen atoms in total. The van der Waals surface area contributed by atoms with Gasteiger partial charge in [0.15, 0.2) is 0 Å². The second-order valence-electron chi connectivity index (χ2n) is 9.29. The van der Waals surface area contributed by atoms with Crippen molar-refractivity contribution in [3.63, 3.8) is 0 Å². The van der Waals surface area contributed by atoms with Gasteiger partial charge in [0.25, 0.3) is 0 Å². The number of pyridine rings is 1. The molecule has 0 spiro atoms. The SMILES string of the molecule is C=CCCC(C)(C)C(=O)NC[C@@]12C[C@@H](C(=O)Nc3nc(C(F)(F)F)ccc3C)N[C@@H]1C2. The number of alkyl halides is 3. The number of nitrogens with one attached hydrogen (secondary N) is 3. The lowest BCUT2D eigenvalue weighted by Crippen LogP contribution is -2.40. The van der Waals surface area contributed by atoms with Crippen LogP contribution in [-0.4, -0.2) is 35.4 Å². The Balaban J connectivity index is 1.57. The third kappa shape index (κ3) is 5.08. The van der Waals surface area contributed by atoms with E-state index in [0.29, 0.717) is 24.9 Å². The van der Waals surface area contributed by atoms with Crippen LogP contribution in [0.1, 0.15) is 50.8 Å². The Bertz CT molecular complexity index is 884. The number of allylic oxidation sites excluding steroid dienone is 1. The van der Waals surface area contributed by atoms with Gasteiger partial charge in [-0.1, -0.05) is 26.0 Å². The van der Waals surface area contributed by atoms with Crippen LogP contribution in [0.5, 0.6) is 0 Å². The van der Waals surface area contributed by atoms with Crippen LogP contribution in [0.25, 0.3) is 0 Å². The normalized spacial score (nSPS) is 25.0. The molecule has 3 N–H and O–H groups in total. The molecule has 1 saturated carbocycles. The molecule has 1 aliphatic carbocycles. The second-order valence-corrected chi connectivity index (χ2v) is 9.29. The standard InChI is InChI=1S/C22H29F3N4O2/c1-5-6-9-20(3,4)19(31)26-12-21-10-14(27-16(21)11-21)18(30)29-17-13(2)7-8-15(28-17)22(23,24)25/h5,7-8,14,16,27H,1,6,9-12H2,2-4H3,(H,26,31)(H,28,29,30)/t14-,16+,21-/m0/s1. The van der Waals surface area contributed by atoms with Crippen LogP contribution in [0.4, 0.5) is 19.0 Å². The first-order valence-corrected chi connectivity index (χ1v) is 10.4. The van der Waals surface area contributed by atoms with Crippen LogP contribution in [0.3, 0.4) is 0 Å². The number of aryl methyl sites for hydroxylation is 1. The molecule has 2 fully saturated rings. The quantitative estimate of drug-likeness (QED) is 0.542. The Morgan fingerprint density at radius 3 is 2.68 bits per heavy atom. The fraction of sp³-hybridized carbons (Fsp3) is 0.591. The molecule has 0 aromatic carbocycles. The summed E-state index contributed by atoms with van der Waals surface area (Å²) in [5.74, 6) is -0.543. The van der Waals surface area contributed by atoms with E-state index in [1.165, 1.54) is 6.07 Å². The lowest BCUT2D eigenvalue weighted by atomic mass is 9.86. The zero-order valence-corrected chi connectivity index (χ0v) is 18.0. The van der Waals surface area contributed by atoms with Crippen LogP contribution in [0.2, 0.25) is 0 Å². The van der Waals surface area contributed by atoms with Crippen LogP contribution < -0.4 is 16.0 Å². The summed E-state index contributed by atoms with van der Waals surface area (Å²) in [6, 6.07) is 1.74. The zero-order valence-electron chi connectivity index (χ0n) is 18.0. The molecule has 170 valence electrons. The summed E-state index contributed by atoms with van der Waals surface area (Å²) in [6.45, 7) is 9.52. The highest BCUT2D eigenvalue weighted by atomic mass is 19.4. The highest BCUT2D eigenvalue weighted by Crippen LogP contribution is 2.54. The maximum Gasteiger partial charge on any atom is 0.433 e. The highest BCUT2D eigenvalue weighted by molar-refractivity contribution is 5.95. The van der Waals surface area contributed by atoms with Gasteiger partial charge in [0.05, 0.1) is 6.04 Å². The summed E-state index contributed by atoms with van der Waals surface area (Å²) in [5.41, 5.74) is -1.30. The van der Waals surface area contributed by atoms with Gasteiger partial charge in [-0.15, -0.1) is 6.58 Å². The minimum absolute atomic E-state index is 0.0360. The number of halogens is 3. The van der Waals surface area contributed by atoms with E-state index in [4.69, 9.17) is 0 Å². The molecule has 1 aromatic heterocycles. The number of carbonyl (C=O) groups excluding carboxylic acids is 2. The van der Waals surface area contributed by atoms with Crippen LogP contribution >= 0.6 is 0 Å². The number of hydrogen-bond acceptors (Lipinski definition) is 4. The topological polar surface area (TPSA) is 83.1 Å². The predicted octanol–water partition coefficient (Wildman–Crippen LogP) is 3.58. The Morgan fingerprint density at radius 2 is 2.03 bits per heavy atom. The van der Waals surface area contributed by atoms with Crippen molar-refractivity contribution in [1.82, 2.24) is 15.6 Å². The third-order valence-electron chi connectivity index (χ3n) is 6.34. The number of fused-ring (bicyclic) bond motifs is 1. The maximum absolute atomic E-state index is 12.9. The van der Waals surface area contributed by atoms with E-state index in [2.05, 4.69) is 27.5 Å². The van der Waals surface area contributed by atoms with Crippen LogP contribution in [0.15, 0.2) is 24.8 Å². The van der Waals surface area contributed by atoms with Gasteiger partial charge < -0.3 is 16.0 Å². The van der Waals surface area contributed by atoms with Crippen molar-refractivity contribution >= 4 is 17.6 Å². The van der Waals surface area contributed by atoms with E-state index < -0.39 is 29.2 Å². The first-order chi connectivity index (χ1) is 14.4. The van der Waals surface area contributed by atoms with Crippen molar-refractivity contribution in [2.75, 3.05) is 11.9 Å². The highest BCUT2D eigenvalue weighted by Gasteiger charge is 2.61. The van der Waals surface area contributed by atoms with E-state index >= 15 is 0 Å². The van der Waals surface area contributed by atoms with E-state index in [9.17, 15) is 22.8 Å². The monoisotopic (exact) mass is 438 g/mol. The van der Waals surface area contributed by atoms with Gasteiger partial charge in [-0.2, -0.15) is 13.2 Å².